The molecule has 0 radical (unpaired) electrons. The van der Waals surface area contributed by atoms with Crippen molar-refractivity contribution in [3.8, 4) is 0 Å². The number of rotatable bonds is 12. The maximum atomic E-state index is 11.2. The van der Waals surface area contributed by atoms with Crippen LogP contribution >= 0.6 is 8.60 Å². The Hall–Kier alpha value is -1.25. The van der Waals surface area contributed by atoms with Gasteiger partial charge in [-0.25, -0.2) is 0 Å². The van der Waals surface area contributed by atoms with Crippen molar-refractivity contribution in [2.45, 2.75) is 156 Å². The van der Waals surface area contributed by atoms with Crippen LogP contribution in [-0.4, -0.2) is 11.5 Å². The van der Waals surface area contributed by atoms with Gasteiger partial charge in [0.15, 0.2) is 0 Å². The molecule has 1 N–H and O–H groups in total. The third-order valence-corrected chi connectivity index (χ3v) is 8.71. The number of unbranched alkanes of at least 4 members (excludes halogenated alkanes) is 5. The fourth-order valence-corrected chi connectivity index (χ4v) is 5.98. The highest BCUT2D eigenvalue weighted by Crippen LogP contribution is 2.48. The van der Waals surface area contributed by atoms with Gasteiger partial charge in [0.25, 0.3) is 0 Å². The van der Waals surface area contributed by atoms with Crippen LogP contribution in [0.5, 0.6) is 0 Å². The Kier molecular flexibility index (Phi) is 12.7. The molecule has 0 saturated carbocycles. The minimum absolute atomic E-state index is 0.0314. The van der Waals surface area contributed by atoms with Crippen molar-refractivity contribution in [2.75, 3.05) is 6.61 Å². The third-order valence-electron chi connectivity index (χ3n) is 7.91. The topological polar surface area (TPSA) is 38.7 Å². The molecule has 0 aromatic heterocycles. The second-order valence-electron chi connectivity index (χ2n) is 15.9. The number of hydrogen-bond acceptors (Lipinski definition) is 3. The first-order chi connectivity index (χ1) is 18.8. The summed E-state index contributed by atoms with van der Waals surface area (Å²) in [7, 11) is -2.05. The van der Waals surface area contributed by atoms with Gasteiger partial charge in [-0.15, -0.1) is 0 Å². The summed E-state index contributed by atoms with van der Waals surface area (Å²) in [6.07, 6.45) is 6.63. The molecule has 2 rings (SSSR count). The molecule has 0 bridgehead atoms. The zero-order chi connectivity index (χ0) is 31.2. The van der Waals surface area contributed by atoms with Gasteiger partial charge in [-0.1, -0.05) is 159 Å². The summed E-state index contributed by atoms with van der Waals surface area (Å²) in [5, 5.41) is 0. The van der Waals surface area contributed by atoms with Crippen LogP contribution in [0.4, 0.5) is 0 Å². The highest BCUT2D eigenvalue weighted by Gasteiger charge is 2.33. The fraction of sp³-hybridized carbons (Fsp3) is 0.676. The van der Waals surface area contributed by atoms with Crippen LogP contribution in [0.3, 0.4) is 0 Å². The molecular formula is C37H61O3P. The van der Waals surface area contributed by atoms with Gasteiger partial charge in [0.1, 0.15) is 6.10 Å². The van der Waals surface area contributed by atoms with E-state index in [0.29, 0.717) is 6.61 Å². The molecule has 41 heavy (non-hydrogen) atoms. The molecule has 2 aromatic rings. The molecule has 0 heterocycles. The van der Waals surface area contributed by atoms with Gasteiger partial charge in [0, 0.05) is 0 Å². The predicted octanol–water partition coefficient (Wildman–Crippen LogP) is 11.6. The summed E-state index contributed by atoms with van der Waals surface area (Å²) < 4.78 is 12.5. The van der Waals surface area contributed by atoms with E-state index in [1.54, 1.807) is 0 Å². The SMILES string of the molecule is CCCCCCCCOP(O)OC(c1ccc(C(C)(C)C)cc1C(C)(C)C)c1ccc(C(C)(C)C)cc1C(C)(C)C. The molecule has 232 valence electrons. The molecule has 0 spiro atoms. The van der Waals surface area contributed by atoms with Gasteiger partial charge in [0.2, 0.25) is 0 Å². The van der Waals surface area contributed by atoms with E-state index in [2.05, 4.69) is 126 Å². The van der Waals surface area contributed by atoms with Crippen LogP contribution in [0.25, 0.3) is 0 Å². The molecule has 0 aliphatic rings. The maximum absolute atomic E-state index is 11.2. The lowest BCUT2D eigenvalue weighted by Crippen LogP contribution is -2.23. The zero-order valence-corrected chi connectivity index (χ0v) is 29.6. The Morgan fingerprint density at radius 2 is 1.02 bits per heavy atom. The average Bonchev–Trinajstić information content (AvgIpc) is 2.84. The highest BCUT2D eigenvalue weighted by molar-refractivity contribution is 7.40. The lowest BCUT2D eigenvalue weighted by molar-refractivity contribution is 0.162. The minimum atomic E-state index is -2.05. The molecule has 2 aromatic carbocycles. The highest BCUT2D eigenvalue weighted by atomic mass is 31.2. The molecular weight excluding hydrogens is 523 g/mol. The summed E-state index contributed by atoms with van der Waals surface area (Å²) in [5.41, 5.74) is 7.14. The summed E-state index contributed by atoms with van der Waals surface area (Å²) in [4.78, 5) is 11.2. The zero-order valence-electron chi connectivity index (χ0n) is 28.7. The molecule has 0 aliphatic heterocycles. The lowest BCUT2D eigenvalue weighted by Gasteiger charge is -2.34. The largest absolute Gasteiger partial charge is 0.330 e. The molecule has 0 fully saturated rings. The van der Waals surface area contributed by atoms with Crippen molar-refractivity contribution in [1.82, 2.24) is 0 Å². The van der Waals surface area contributed by atoms with Crippen LogP contribution in [0, 0.1) is 0 Å². The van der Waals surface area contributed by atoms with Gasteiger partial charge in [0.05, 0.1) is 6.61 Å². The minimum Gasteiger partial charge on any atom is -0.328 e. The Balaban J connectivity index is 2.60. The fourth-order valence-electron chi connectivity index (χ4n) is 5.23. The predicted molar refractivity (Wildman–Crippen MR) is 179 cm³/mol. The van der Waals surface area contributed by atoms with E-state index in [-0.39, 0.29) is 21.7 Å². The van der Waals surface area contributed by atoms with Crippen molar-refractivity contribution in [3.63, 3.8) is 0 Å². The van der Waals surface area contributed by atoms with Crippen LogP contribution in [0.1, 0.15) is 168 Å². The van der Waals surface area contributed by atoms with Gasteiger partial charge < -0.3 is 9.42 Å². The maximum Gasteiger partial charge on any atom is 0.330 e. The molecule has 0 aliphatic carbocycles. The van der Waals surface area contributed by atoms with Gasteiger partial charge >= 0.3 is 8.60 Å². The van der Waals surface area contributed by atoms with Gasteiger partial charge in [-0.2, -0.15) is 0 Å². The lowest BCUT2D eigenvalue weighted by atomic mass is 9.74. The van der Waals surface area contributed by atoms with Gasteiger partial charge in [-0.05, 0) is 61.5 Å². The first kappa shape index (κ1) is 35.9. The molecule has 1 unspecified atom stereocenters. The van der Waals surface area contributed by atoms with E-state index in [9.17, 15) is 4.89 Å². The van der Waals surface area contributed by atoms with E-state index in [1.807, 2.05) is 0 Å². The second kappa shape index (κ2) is 14.5. The van der Waals surface area contributed by atoms with Crippen LogP contribution in [0.2, 0.25) is 0 Å². The molecule has 0 saturated heterocycles. The number of hydrogen-bond donors (Lipinski definition) is 1. The Labute approximate surface area is 254 Å². The van der Waals surface area contributed by atoms with Crippen molar-refractivity contribution < 1.29 is 13.9 Å². The van der Waals surface area contributed by atoms with E-state index >= 15 is 0 Å². The first-order valence-corrected chi connectivity index (χ1v) is 17.0. The van der Waals surface area contributed by atoms with Gasteiger partial charge in [-0.3, -0.25) is 4.52 Å². The van der Waals surface area contributed by atoms with E-state index in [0.717, 1.165) is 24.0 Å². The normalized spacial score (nSPS) is 14.1. The third kappa shape index (κ3) is 10.8. The Morgan fingerprint density at radius 3 is 1.41 bits per heavy atom. The number of benzene rings is 2. The quantitative estimate of drug-likeness (QED) is 0.199. The second-order valence-corrected chi connectivity index (χ2v) is 16.9. The van der Waals surface area contributed by atoms with Crippen LogP contribution < -0.4 is 0 Å². The van der Waals surface area contributed by atoms with Crippen LogP contribution in [0.15, 0.2) is 36.4 Å². The smallest absolute Gasteiger partial charge is 0.328 e. The average molecular weight is 585 g/mol. The van der Waals surface area contributed by atoms with Crippen molar-refractivity contribution in [2.24, 2.45) is 0 Å². The Morgan fingerprint density at radius 1 is 0.610 bits per heavy atom. The van der Waals surface area contributed by atoms with E-state index in [4.69, 9.17) is 9.05 Å². The standard InChI is InChI=1S/C37H61O3P/c1-14-15-16-17-18-19-24-39-41(38)40-33(29-22-20-27(34(2,3)4)25-31(29)36(8,9)10)30-23-21-28(35(5,6)7)26-32(30)37(11,12)13/h20-23,25-26,33,38H,14-19,24H2,1-13H3. The van der Waals surface area contributed by atoms with Crippen molar-refractivity contribution >= 4 is 8.60 Å². The summed E-state index contributed by atoms with van der Waals surface area (Å²) in [5.74, 6) is 0. The summed E-state index contributed by atoms with van der Waals surface area (Å²) in [6.45, 7) is 29.9. The molecule has 1 atom stereocenters. The van der Waals surface area contributed by atoms with E-state index in [1.165, 1.54) is 47.9 Å². The Bertz CT molecular complexity index is 1020. The van der Waals surface area contributed by atoms with E-state index < -0.39 is 14.7 Å². The molecule has 0 amide bonds. The summed E-state index contributed by atoms with van der Waals surface area (Å²) >= 11 is 0. The van der Waals surface area contributed by atoms with Crippen LogP contribution in [-0.2, 0) is 30.7 Å². The van der Waals surface area contributed by atoms with Crippen molar-refractivity contribution in [3.05, 3.63) is 69.8 Å². The molecule has 3 nitrogen and oxygen atoms in total. The molecule has 4 heteroatoms. The monoisotopic (exact) mass is 584 g/mol. The van der Waals surface area contributed by atoms with Crippen molar-refractivity contribution in [1.29, 1.82) is 0 Å². The summed E-state index contributed by atoms with van der Waals surface area (Å²) in [6, 6.07) is 13.6. The first-order valence-electron chi connectivity index (χ1n) is 15.9.